The van der Waals surface area contributed by atoms with Crippen molar-refractivity contribution in [1.82, 2.24) is 5.32 Å². The molecule has 1 spiro atoms. The van der Waals surface area contributed by atoms with E-state index in [1.54, 1.807) is 0 Å². The molecule has 1 fully saturated rings. The van der Waals surface area contributed by atoms with E-state index in [0.29, 0.717) is 11.0 Å². The third-order valence-electron chi connectivity index (χ3n) is 4.09. The number of nitrogens with one attached hydrogen (secondary N) is 1. The van der Waals surface area contributed by atoms with E-state index in [1.807, 2.05) is 12.1 Å². The van der Waals surface area contributed by atoms with Gasteiger partial charge in [0.15, 0.2) is 0 Å². The topological polar surface area (TPSA) is 38.3 Å². The summed E-state index contributed by atoms with van der Waals surface area (Å²) in [7, 11) is 1.43. The SMILES string of the molecule is COC(=O)c1ccc2c(c1)CC1(CCNC1)C2. The summed E-state index contributed by atoms with van der Waals surface area (Å²) in [4.78, 5) is 11.5. The molecule has 3 heteroatoms. The van der Waals surface area contributed by atoms with Crippen molar-refractivity contribution in [2.45, 2.75) is 19.3 Å². The van der Waals surface area contributed by atoms with Gasteiger partial charge in [-0.25, -0.2) is 4.79 Å². The molecular weight excluding hydrogens is 214 g/mol. The maximum Gasteiger partial charge on any atom is 0.337 e. The first kappa shape index (κ1) is 10.8. The van der Waals surface area contributed by atoms with E-state index in [0.717, 1.165) is 25.9 Å². The van der Waals surface area contributed by atoms with Gasteiger partial charge >= 0.3 is 5.97 Å². The first-order chi connectivity index (χ1) is 8.22. The lowest BCUT2D eigenvalue weighted by molar-refractivity contribution is 0.0600. The maximum absolute atomic E-state index is 11.5. The van der Waals surface area contributed by atoms with Gasteiger partial charge in [-0.15, -0.1) is 0 Å². The highest BCUT2D eigenvalue weighted by Crippen LogP contribution is 2.41. The van der Waals surface area contributed by atoms with E-state index in [1.165, 1.54) is 24.7 Å². The number of fused-ring (bicyclic) bond motifs is 1. The fraction of sp³-hybridized carbons (Fsp3) is 0.500. The highest BCUT2D eigenvalue weighted by atomic mass is 16.5. The zero-order valence-corrected chi connectivity index (χ0v) is 10.1. The molecule has 1 atom stereocenters. The number of hydrogen-bond acceptors (Lipinski definition) is 3. The quantitative estimate of drug-likeness (QED) is 0.745. The van der Waals surface area contributed by atoms with Gasteiger partial charge in [-0.05, 0) is 54.5 Å². The van der Waals surface area contributed by atoms with Gasteiger partial charge < -0.3 is 10.1 Å². The van der Waals surface area contributed by atoms with E-state index in [2.05, 4.69) is 11.4 Å². The summed E-state index contributed by atoms with van der Waals surface area (Å²) in [6.07, 6.45) is 3.49. The lowest BCUT2D eigenvalue weighted by Gasteiger charge is -2.20. The minimum atomic E-state index is -0.238. The number of rotatable bonds is 1. The Hall–Kier alpha value is -1.35. The highest BCUT2D eigenvalue weighted by molar-refractivity contribution is 5.89. The van der Waals surface area contributed by atoms with Crippen LogP contribution in [0.4, 0.5) is 0 Å². The van der Waals surface area contributed by atoms with Gasteiger partial charge in [-0.2, -0.15) is 0 Å². The largest absolute Gasteiger partial charge is 0.465 e. The minimum absolute atomic E-state index is 0.238. The Balaban J connectivity index is 1.90. The molecule has 1 aromatic carbocycles. The third kappa shape index (κ3) is 1.75. The second-order valence-corrected chi connectivity index (χ2v) is 5.26. The van der Waals surface area contributed by atoms with Crippen LogP contribution in [0.25, 0.3) is 0 Å². The van der Waals surface area contributed by atoms with Crippen LogP contribution < -0.4 is 5.32 Å². The van der Waals surface area contributed by atoms with Crippen molar-refractivity contribution in [2.75, 3.05) is 20.2 Å². The van der Waals surface area contributed by atoms with Crippen molar-refractivity contribution >= 4 is 5.97 Å². The number of methoxy groups -OCH3 is 1. The van der Waals surface area contributed by atoms with Gasteiger partial charge in [0.05, 0.1) is 12.7 Å². The molecule has 1 saturated heterocycles. The van der Waals surface area contributed by atoms with Crippen molar-refractivity contribution in [3.8, 4) is 0 Å². The molecule has 0 radical (unpaired) electrons. The Labute approximate surface area is 101 Å². The van der Waals surface area contributed by atoms with Gasteiger partial charge in [0, 0.05) is 6.54 Å². The monoisotopic (exact) mass is 231 g/mol. The standard InChI is InChI=1S/C14H17NO2/c1-17-13(16)10-2-3-11-7-14(4-5-15-9-14)8-12(11)6-10/h2-3,6,15H,4-5,7-9H2,1H3. The predicted molar refractivity (Wildman–Crippen MR) is 65.1 cm³/mol. The summed E-state index contributed by atoms with van der Waals surface area (Å²) >= 11 is 0. The zero-order valence-electron chi connectivity index (χ0n) is 10.1. The highest BCUT2D eigenvalue weighted by Gasteiger charge is 2.39. The van der Waals surface area contributed by atoms with Crippen LogP contribution in [-0.4, -0.2) is 26.2 Å². The normalized spacial score (nSPS) is 26.2. The molecule has 90 valence electrons. The van der Waals surface area contributed by atoms with Crippen molar-refractivity contribution in [3.05, 3.63) is 34.9 Å². The smallest absolute Gasteiger partial charge is 0.337 e. The molecular formula is C14H17NO2. The van der Waals surface area contributed by atoms with Crippen molar-refractivity contribution < 1.29 is 9.53 Å². The molecule has 1 heterocycles. The number of carbonyl (C=O) groups excluding carboxylic acids is 1. The van der Waals surface area contributed by atoms with Crippen LogP contribution in [0.15, 0.2) is 18.2 Å². The second-order valence-electron chi connectivity index (χ2n) is 5.26. The molecule has 1 unspecified atom stereocenters. The van der Waals surface area contributed by atoms with Gasteiger partial charge in [0.1, 0.15) is 0 Å². The van der Waals surface area contributed by atoms with E-state index >= 15 is 0 Å². The fourth-order valence-electron chi connectivity index (χ4n) is 3.18. The molecule has 2 aliphatic rings. The molecule has 0 amide bonds. The summed E-state index contributed by atoms with van der Waals surface area (Å²) in [5.41, 5.74) is 3.82. The maximum atomic E-state index is 11.5. The van der Waals surface area contributed by atoms with Crippen molar-refractivity contribution in [3.63, 3.8) is 0 Å². The lowest BCUT2D eigenvalue weighted by atomic mass is 9.84. The average Bonchev–Trinajstić information content (AvgIpc) is 2.94. The van der Waals surface area contributed by atoms with Crippen LogP contribution in [0.2, 0.25) is 0 Å². The first-order valence-corrected chi connectivity index (χ1v) is 6.13. The first-order valence-electron chi connectivity index (χ1n) is 6.13. The summed E-state index contributed by atoms with van der Waals surface area (Å²) in [5, 5.41) is 3.45. The minimum Gasteiger partial charge on any atom is -0.465 e. The Morgan fingerprint density at radius 1 is 1.35 bits per heavy atom. The molecule has 1 aliphatic heterocycles. The Bertz CT molecular complexity index is 461. The Morgan fingerprint density at radius 3 is 2.88 bits per heavy atom. The van der Waals surface area contributed by atoms with Crippen LogP contribution in [-0.2, 0) is 17.6 Å². The van der Waals surface area contributed by atoms with E-state index < -0.39 is 0 Å². The summed E-state index contributed by atoms with van der Waals surface area (Å²) in [6, 6.07) is 5.98. The molecule has 1 N–H and O–H groups in total. The number of ether oxygens (including phenoxy) is 1. The number of benzene rings is 1. The molecule has 3 rings (SSSR count). The third-order valence-corrected chi connectivity index (χ3v) is 4.09. The predicted octanol–water partition coefficient (Wildman–Crippen LogP) is 1.55. The molecule has 1 aromatic rings. The van der Waals surface area contributed by atoms with Crippen LogP contribution in [0.5, 0.6) is 0 Å². The van der Waals surface area contributed by atoms with Crippen LogP contribution in [0, 0.1) is 5.41 Å². The van der Waals surface area contributed by atoms with Crippen molar-refractivity contribution in [2.24, 2.45) is 5.41 Å². The number of hydrogen-bond donors (Lipinski definition) is 1. The zero-order chi connectivity index (χ0) is 11.9. The van der Waals surface area contributed by atoms with Crippen LogP contribution >= 0.6 is 0 Å². The molecule has 0 saturated carbocycles. The van der Waals surface area contributed by atoms with E-state index in [-0.39, 0.29) is 5.97 Å². The van der Waals surface area contributed by atoms with Crippen LogP contribution in [0.3, 0.4) is 0 Å². The lowest BCUT2D eigenvalue weighted by Crippen LogP contribution is -2.24. The summed E-state index contributed by atoms with van der Waals surface area (Å²) in [5.74, 6) is -0.238. The Morgan fingerprint density at radius 2 is 2.18 bits per heavy atom. The summed E-state index contributed by atoms with van der Waals surface area (Å²) in [6.45, 7) is 2.23. The fourth-order valence-corrected chi connectivity index (χ4v) is 3.18. The van der Waals surface area contributed by atoms with Crippen molar-refractivity contribution in [1.29, 1.82) is 0 Å². The second kappa shape index (κ2) is 3.84. The van der Waals surface area contributed by atoms with Crippen LogP contribution in [0.1, 0.15) is 27.9 Å². The van der Waals surface area contributed by atoms with E-state index in [9.17, 15) is 4.79 Å². The summed E-state index contributed by atoms with van der Waals surface area (Å²) < 4.78 is 4.76. The molecule has 0 bridgehead atoms. The van der Waals surface area contributed by atoms with Gasteiger partial charge in [0.25, 0.3) is 0 Å². The van der Waals surface area contributed by atoms with Gasteiger partial charge in [-0.1, -0.05) is 6.07 Å². The number of esters is 1. The van der Waals surface area contributed by atoms with E-state index in [4.69, 9.17) is 4.74 Å². The average molecular weight is 231 g/mol. The number of carbonyl (C=O) groups is 1. The molecule has 3 nitrogen and oxygen atoms in total. The molecule has 0 aromatic heterocycles. The van der Waals surface area contributed by atoms with Gasteiger partial charge in [-0.3, -0.25) is 0 Å². The molecule has 1 aliphatic carbocycles. The molecule has 17 heavy (non-hydrogen) atoms. The van der Waals surface area contributed by atoms with Gasteiger partial charge in [0.2, 0.25) is 0 Å². The Kier molecular flexibility index (Phi) is 2.44.